The number of aromatic nitrogens is 3. The molecule has 0 bridgehead atoms. The van der Waals surface area contributed by atoms with E-state index >= 15 is 0 Å². The highest BCUT2D eigenvalue weighted by Crippen LogP contribution is 2.22. The minimum Gasteiger partial charge on any atom is -0.298 e. The fraction of sp³-hybridized carbons (Fsp3) is 0.158. The van der Waals surface area contributed by atoms with Crippen molar-refractivity contribution in [3.63, 3.8) is 0 Å². The number of carbonyl (C=O) groups is 1. The molecule has 29 heavy (non-hydrogen) atoms. The van der Waals surface area contributed by atoms with Gasteiger partial charge in [0, 0.05) is 16.6 Å². The van der Waals surface area contributed by atoms with Crippen molar-refractivity contribution < 1.29 is 4.79 Å². The predicted octanol–water partition coefficient (Wildman–Crippen LogP) is 4.81. The van der Waals surface area contributed by atoms with Gasteiger partial charge in [0.15, 0.2) is 10.9 Å². The normalized spacial score (nSPS) is 10.6. The SMILES string of the molecule is CCc1nnc(SCc2ccccc2)n1NC(=S)NC(=O)c1cc(Br)ccc1Cl. The molecule has 2 aromatic carbocycles. The van der Waals surface area contributed by atoms with Crippen LogP contribution >= 0.6 is 51.5 Å². The third-order valence-electron chi connectivity index (χ3n) is 3.84. The Morgan fingerprint density at radius 1 is 1.24 bits per heavy atom. The Hall–Kier alpha value is -1.94. The van der Waals surface area contributed by atoms with E-state index in [4.69, 9.17) is 23.8 Å². The molecule has 3 aromatic rings. The van der Waals surface area contributed by atoms with E-state index in [0.29, 0.717) is 28.0 Å². The van der Waals surface area contributed by atoms with Gasteiger partial charge in [-0.25, -0.2) is 4.68 Å². The van der Waals surface area contributed by atoms with Gasteiger partial charge >= 0.3 is 0 Å². The highest BCUT2D eigenvalue weighted by molar-refractivity contribution is 9.10. The largest absolute Gasteiger partial charge is 0.298 e. The van der Waals surface area contributed by atoms with Crippen molar-refractivity contribution in [2.45, 2.75) is 24.3 Å². The maximum absolute atomic E-state index is 12.5. The summed E-state index contributed by atoms with van der Waals surface area (Å²) in [6, 6.07) is 15.1. The van der Waals surface area contributed by atoms with Crippen molar-refractivity contribution in [1.82, 2.24) is 20.2 Å². The molecule has 150 valence electrons. The number of aryl methyl sites for hydroxylation is 1. The Bertz CT molecular complexity index is 1030. The first-order valence-corrected chi connectivity index (χ1v) is 11.2. The van der Waals surface area contributed by atoms with Gasteiger partial charge in [-0.05, 0) is 36.0 Å². The Balaban J connectivity index is 1.70. The molecule has 0 saturated heterocycles. The highest BCUT2D eigenvalue weighted by atomic mass is 79.9. The predicted molar refractivity (Wildman–Crippen MR) is 124 cm³/mol. The van der Waals surface area contributed by atoms with Crippen molar-refractivity contribution in [2.24, 2.45) is 0 Å². The molecule has 1 amide bonds. The summed E-state index contributed by atoms with van der Waals surface area (Å²) in [6.07, 6.45) is 0.653. The maximum Gasteiger partial charge on any atom is 0.259 e. The van der Waals surface area contributed by atoms with Crippen LogP contribution in [0.25, 0.3) is 0 Å². The lowest BCUT2D eigenvalue weighted by Crippen LogP contribution is -2.39. The molecule has 0 aliphatic heterocycles. The van der Waals surface area contributed by atoms with E-state index in [0.717, 1.165) is 10.2 Å². The zero-order valence-electron chi connectivity index (χ0n) is 15.4. The first-order valence-electron chi connectivity index (χ1n) is 8.66. The number of benzene rings is 2. The lowest BCUT2D eigenvalue weighted by atomic mass is 10.2. The van der Waals surface area contributed by atoms with E-state index < -0.39 is 5.91 Å². The number of nitrogens with one attached hydrogen (secondary N) is 2. The van der Waals surface area contributed by atoms with E-state index in [9.17, 15) is 4.79 Å². The van der Waals surface area contributed by atoms with Crippen LogP contribution in [0.5, 0.6) is 0 Å². The average molecular weight is 511 g/mol. The number of amides is 1. The molecule has 0 unspecified atom stereocenters. The molecule has 0 radical (unpaired) electrons. The number of thiocarbonyl (C=S) groups is 1. The van der Waals surface area contributed by atoms with Gasteiger partial charge in [0.1, 0.15) is 0 Å². The average Bonchev–Trinajstić information content (AvgIpc) is 3.10. The van der Waals surface area contributed by atoms with Gasteiger partial charge in [0.2, 0.25) is 5.16 Å². The van der Waals surface area contributed by atoms with Gasteiger partial charge in [-0.3, -0.25) is 15.5 Å². The fourth-order valence-corrected chi connectivity index (χ4v) is 4.04. The number of carbonyl (C=O) groups excluding carboxylic acids is 1. The first-order chi connectivity index (χ1) is 14.0. The van der Waals surface area contributed by atoms with Crippen molar-refractivity contribution in [3.05, 3.63) is 75.0 Å². The molecule has 0 saturated carbocycles. The molecule has 2 N–H and O–H groups in total. The second-order valence-electron chi connectivity index (χ2n) is 5.88. The molecule has 0 spiro atoms. The standard InChI is InChI=1S/C19H17BrClN5OS2/c1-2-16-23-24-19(29-11-12-6-4-3-5-7-12)26(16)25-18(28)22-17(27)14-10-13(20)8-9-15(14)21/h3-10H,2,11H2,1H3,(H2,22,25,27,28). The van der Waals surface area contributed by atoms with Crippen LogP contribution in [0.15, 0.2) is 58.2 Å². The summed E-state index contributed by atoms with van der Waals surface area (Å²) >= 11 is 16.3. The molecular weight excluding hydrogens is 494 g/mol. The molecule has 0 atom stereocenters. The maximum atomic E-state index is 12.5. The molecule has 1 aromatic heterocycles. The molecule has 3 rings (SSSR count). The summed E-state index contributed by atoms with van der Waals surface area (Å²) in [4.78, 5) is 12.5. The molecule has 0 fully saturated rings. The number of nitrogens with zero attached hydrogens (tertiary/aromatic N) is 3. The van der Waals surface area contributed by atoms with Crippen LogP contribution in [0.3, 0.4) is 0 Å². The van der Waals surface area contributed by atoms with Gasteiger partial charge in [-0.2, -0.15) is 0 Å². The minimum atomic E-state index is -0.404. The van der Waals surface area contributed by atoms with Crippen LogP contribution in [0, 0.1) is 0 Å². The lowest BCUT2D eigenvalue weighted by Gasteiger charge is -2.14. The van der Waals surface area contributed by atoms with E-state index in [1.807, 2.05) is 25.1 Å². The first kappa shape index (κ1) is 21.8. The van der Waals surface area contributed by atoms with Crippen LogP contribution in [0.1, 0.15) is 28.7 Å². The number of rotatable bonds is 6. The van der Waals surface area contributed by atoms with Gasteiger partial charge in [0.25, 0.3) is 5.91 Å². The molecule has 0 aliphatic rings. The Morgan fingerprint density at radius 3 is 2.72 bits per heavy atom. The summed E-state index contributed by atoms with van der Waals surface area (Å²) in [5.41, 5.74) is 4.49. The summed E-state index contributed by atoms with van der Waals surface area (Å²) in [7, 11) is 0. The Labute approximate surface area is 191 Å². The van der Waals surface area contributed by atoms with Gasteiger partial charge in [0.05, 0.1) is 10.6 Å². The molecule has 0 aliphatic carbocycles. The van der Waals surface area contributed by atoms with Gasteiger partial charge in [-0.1, -0.05) is 76.5 Å². The fourth-order valence-electron chi connectivity index (χ4n) is 2.43. The number of hydrogen-bond donors (Lipinski definition) is 2. The summed E-state index contributed by atoms with van der Waals surface area (Å²) < 4.78 is 2.44. The Kier molecular flexibility index (Phi) is 7.65. The van der Waals surface area contributed by atoms with Crippen molar-refractivity contribution in [2.75, 3.05) is 5.43 Å². The van der Waals surface area contributed by atoms with Gasteiger partial charge in [-0.15, -0.1) is 10.2 Å². The van der Waals surface area contributed by atoms with Crippen LogP contribution < -0.4 is 10.7 Å². The smallest absolute Gasteiger partial charge is 0.259 e. The Morgan fingerprint density at radius 2 is 2.00 bits per heavy atom. The van der Waals surface area contributed by atoms with E-state index in [2.05, 4.69) is 49.0 Å². The highest BCUT2D eigenvalue weighted by Gasteiger charge is 2.16. The molecule has 1 heterocycles. The van der Waals surface area contributed by atoms with E-state index in [1.165, 1.54) is 17.3 Å². The minimum absolute atomic E-state index is 0.127. The van der Waals surface area contributed by atoms with Gasteiger partial charge < -0.3 is 0 Å². The lowest BCUT2D eigenvalue weighted by molar-refractivity contribution is 0.0977. The van der Waals surface area contributed by atoms with Crippen LogP contribution in [0.2, 0.25) is 5.02 Å². The quantitative estimate of drug-likeness (QED) is 0.366. The number of halogens is 2. The molecule has 6 nitrogen and oxygen atoms in total. The van der Waals surface area contributed by atoms with E-state index in [1.54, 1.807) is 22.9 Å². The van der Waals surface area contributed by atoms with E-state index in [-0.39, 0.29) is 5.11 Å². The van der Waals surface area contributed by atoms with Crippen molar-refractivity contribution in [3.8, 4) is 0 Å². The monoisotopic (exact) mass is 509 g/mol. The second-order valence-corrected chi connectivity index (χ2v) is 8.55. The van der Waals surface area contributed by atoms with Crippen molar-refractivity contribution in [1.29, 1.82) is 0 Å². The zero-order chi connectivity index (χ0) is 20.8. The molecular formula is C19H17BrClN5OS2. The van der Waals surface area contributed by atoms with Crippen LogP contribution in [-0.4, -0.2) is 25.9 Å². The zero-order valence-corrected chi connectivity index (χ0v) is 19.3. The number of thioether (sulfide) groups is 1. The second kappa shape index (κ2) is 10.2. The summed E-state index contributed by atoms with van der Waals surface area (Å²) in [6.45, 7) is 1.97. The van der Waals surface area contributed by atoms with Crippen molar-refractivity contribution >= 4 is 62.5 Å². The van der Waals surface area contributed by atoms with Crippen LogP contribution in [-0.2, 0) is 12.2 Å². The third kappa shape index (κ3) is 5.79. The summed E-state index contributed by atoms with van der Waals surface area (Å²) in [5, 5.41) is 12.2. The number of hydrogen-bond acceptors (Lipinski definition) is 5. The summed E-state index contributed by atoms with van der Waals surface area (Å²) in [5.74, 6) is 1.04. The third-order valence-corrected chi connectivity index (χ3v) is 5.86. The van der Waals surface area contributed by atoms with Crippen LogP contribution in [0.4, 0.5) is 0 Å². The molecule has 10 heteroatoms. The topological polar surface area (TPSA) is 71.8 Å².